The van der Waals surface area contributed by atoms with Crippen LogP contribution in [-0.4, -0.2) is 69.4 Å². The summed E-state index contributed by atoms with van der Waals surface area (Å²) in [7, 11) is -3.54. The smallest absolute Gasteiger partial charge is 0.286 e. The number of sulfone groups is 1. The van der Waals surface area contributed by atoms with Crippen LogP contribution in [0.15, 0.2) is 50.2 Å². The Hall–Kier alpha value is -1.68. The first kappa shape index (κ1) is 25.4. The first-order valence-corrected chi connectivity index (χ1v) is 14.7. The molecule has 0 spiro atoms. The molecule has 1 aromatic heterocycles. The topological polar surface area (TPSA) is 82.9 Å². The van der Waals surface area contributed by atoms with Crippen molar-refractivity contribution < 1.29 is 17.6 Å². The first-order valence-electron chi connectivity index (χ1n) is 12.2. The largest absolute Gasteiger partial charge is 0.455 e. The second-order valence-corrected chi connectivity index (χ2v) is 12.2. The molecule has 0 atom stereocenters. The lowest BCUT2D eigenvalue weighted by Crippen LogP contribution is -2.51. The van der Waals surface area contributed by atoms with Crippen LogP contribution in [0.4, 0.5) is 0 Å². The van der Waals surface area contributed by atoms with Gasteiger partial charge in [0, 0.05) is 43.2 Å². The molecule has 2 aromatic rings. The van der Waals surface area contributed by atoms with Gasteiger partial charge in [-0.3, -0.25) is 9.69 Å². The molecule has 4 rings (SSSR count). The van der Waals surface area contributed by atoms with E-state index in [0.717, 1.165) is 49.7 Å². The molecular formula is C25H34BrN3O4S. The number of rotatable bonds is 9. The molecule has 2 heterocycles. The highest BCUT2D eigenvalue weighted by Crippen LogP contribution is 2.23. The number of nitrogens with zero attached hydrogens (tertiary/aromatic N) is 2. The van der Waals surface area contributed by atoms with Crippen molar-refractivity contribution in [3.8, 4) is 0 Å². The van der Waals surface area contributed by atoms with E-state index in [1.807, 2.05) is 0 Å². The van der Waals surface area contributed by atoms with E-state index in [4.69, 9.17) is 4.42 Å². The molecule has 7 nitrogen and oxygen atoms in total. The monoisotopic (exact) mass is 551 g/mol. The standard InChI is InChI=1S/C25H34BrN3O4S/c26-20-7-10-23(11-8-20)34(31,32)19-22-9-12-24(33-22)25(30)27-13-4-14-28-15-17-29(18-16-28)21-5-2-1-3-6-21/h7-12,21H,1-6,13-19H2,(H,27,30). The normalized spacial score (nSPS) is 18.7. The molecule has 2 fully saturated rings. The molecule has 0 unspecified atom stereocenters. The van der Waals surface area contributed by atoms with Crippen molar-refractivity contribution in [3.05, 3.63) is 52.4 Å². The quantitative estimate of drug-likeness (QED) is 0.472. The Morgan fingerprint density at radius 3 is 2.41 bits per heavy atom. The molecule has 0 radical (unpaired) electrons. The third-order valence-corrected chi connectivity index (χ3v) is 9.01. The van der Waals surface area contributed by atoms with Gasteiger partial charge in [0.1, 0.15) is 11.5 Å². The van der Waals surface area contributed by atoms with Crippen LogP contribution in [0, 0.1) is 0 Å². The van der Waals surface area contributed by atoms with E-state index in [0.29, 0.717) is 6.54 Å². The number of nitrogens with one attached hydrogen (secondary N) is 1. The van der Waals surface area contributed by atoms with Crippen molar-refractivity contribution in [2.24, 2.45) is 0 Å². The van der Waals surface area contributed by atoms with Crippen LogP contribution < -0.4 is 5.32 Å². The van der Waals surface area contributed by atoms with E-state index in [-0.39, 0.29) is 28.1 Å². The molecule has 1 aliphatic heterocycles. The highest BCUT2D eigenvalue weighted by molar-refractivity contribution is 9.10. The van der Waals surface area contributed by atoms with Crippen molar-refractivity contribution in [1.82, 2.24) is 15.1 Å². The van der Waals surface area contributed by atoms with Crippen molar-refractivity contribution in [2.75, 3.05) is 39.3 Å². The summed E-state index contributed by atoms with van der Waals surface area (Å²) in [5, 5.41) is 2.89. The second-order valence-electron chi connectivity index (χ2n) is 9.26. The van der Waals surface area contributed by atoms with Crippen LogP contribution in [0.3, 0.4) is 0 Å². The van der Waals surface area contributed by atoms with E-state index >= 15 is 0 Å². The zero-order valence-electron chi connectivity index (χ0n) is 19.5. The fourth-order valence-corrected chi connectivity index (χ4v) is 6.39. The van der Waals surface area contributed by atoms with Gasteiger partial charge in [-0.25, -0.2) is 8.42 Å². The van der Waals surface area contributed by atoms with Crippen molar-refractivity contribution in [1.29, 1.82) is 0 Å². The Balaban J connectivity index is 1.16. The summed E-state index contributed by atoms with van der Waals surface area (Å²) in [6, 6.07) is 10.3. The second kappa shape index (κ2) is 11.8. The summed E-state index contributed by atoms with van der Waals surface area (Å²) in [4.78, 5) is 17.8. The number of furan rings is 1. The average Bonchev–Trinajstić information content (AvgIpc) is 3.31. The molecular weight excluding hydrogens is 518 g/mol. The van der Waals surface area contributed by atoms with E-state index in [9.17, 15) is 13.2 Å². The van der Waals surface area contributed by atoms with Gasteiger partial charge in [0.2, 0.25) is 0 Å². The summed E-state index contributed by atoms with van der Waals surface area (Å²) in [5.41, 5.74) is 0. The van der Waals surface area contributed by atoms with Gasteiger partial charge in [-0.2, -0.15) is 0 Å². The third-order valence-electron chi connectivity index (χ3n) is 6.83. The highest BCUT2D eigenvalue weighted by Gasteiger charge is 2.25. The maximum atomic E-state index is 12.6. The number of piperazine rings is 1. The predicted molar refractivity (Wildman–Crippen MR) is 136 cm³/mol. The molecule has 2 aliphatic rings. The number of carbonyl (C=O) groups is 1. The molecule has 34 heavy (non-hydrogen) atoms. The summed E-state index contributed by atoms with van der Waals surface area (Å²) in [6.45, 7) is 6.02. The Bertz CT molecular complexity index is 1040. The Morgan fingerprint density at radius 2 is 1.71 bits per heavy atom. The van der Waals surface area contributed by atoms with Crippen LogP contribution in [-0.2, 0) is 15.6 Å². The van der Waals surface area contributed by atoms with Crippen LogP contribution in [0.1, 0.15) is 54.8 Å². The lowest BCUT2D eigenvalue weighted by Gasteiger charge is -2.40. The van der Waals surface area contributed by atoms with E-state index in [1.165, 1.54) is 38.2 Å². The minimum absolute atomic E-state index is 0.141. The minimum Gasteiger partial charge on any atom is -0.455 e. The van der Waals surface area contributed by atoms with Crippen LogP contribution in [0.2, 0.25) is 0 Å². The van der Waals surface area contributed by atoms with Crippen LogP contribution in [0.5, 0.6) is 0 Å². The summed E-state index contributed by atoms with van der Waals surface area (Å²) in [5.74, 6) is -0.199. The molecule has 1 aromatic carbocycles. The van der Waals surface area contributed by atoms with Gasteiger partial charge in [-0.15, -0.1) is 0 Å². The maximum Gasteiger partial charge on any atom is 0.286 e. The number of halogens is 1. The lowest BCUT2D eigenvalue weighted by atomic mass is 9.94. The highest BCUT2D eigenvalue weighted by atomic mass is 79.9. The number of benzene rings is 1. The molecule has 0 bridgehead atoms. The molecule has 1 saturated carbocycles. The molecule has 1 saturated heterocycles. The fourth-order valence-electron chi connectivity index (χ4n) is 4.88. The number of hydrogen-bond donors (Lipinski definition) is 1. The molecule has 1 N–H and O–H groups in total. The number of carbonyl (C=O) groups excluding carboxylic acids is 1. The molecule has 9 heteroatoms. The Labute approximate surface area is 210 Å². The van der Waals surface area contributed by atoms with Gasteiger partial charge in [0.25, 0.3) is 5.91 Å². The minimum atomic E-state index is -3.54. The summed E-state index contributed by atoms with van der Waals surface area (Å²) >= 11 is 3.30. The zero-order valence-corrected chi connectivity index (χ0v) is 21.9. The lowest BCUT2D eigenvalue weighted by molar-refractivity contribution is 0.0778. The summed E-state index contributed by atoms with van der Waals surface area (Å²) < 4.78 is 31.5. The van der Waals surface area contributed by atoms with Crippen molar-refractivity contribution >= 4 is 31.7 Å². The Morgan fingerprint density at radius 1 is 1.00 bits per heavy atom. The molecule has 186 valence electrons. The predicted octanol–water partition coefficient (Wildman–Crippen LogP) is 4.09. The average molecular weight is 553 g/mol. The van der Waals surface area contributed by atoms with Gasteiger partial charge in [-0.1, -0.05) is 35.2 Å². The maximum absolute atomic E-state index is 12.6. The van der Waals surface area contributed by atoms with E-state index < -0.39 is 9.84 Å². The number of hydrogen-bond acceptors (Lipinski definition) is 6. The van der Waals surface area contributed by atoms with Gasteiger partial charge in [0.15, 0.2) is 15.6 Å². The van der Waals surface area contributed by atoms with Gasteiger partial charge >= 0.3 is 0 Å². The SMILES string of the molecule is O=C(NCCCN1CCN(C2CCCCC2)CC1)c1ccc(CS(=O)(=O)c2ccc(Br)cc2)o1. The van der Waals surface area contributed by atoms with Crippen LogP contribution >= 0.6 is 15.9 Å². The summed E-state index contributed by atoms with van der Waals surface area (Å²) in [6.07, 6.45) is 7.74. The molecule has 1 amide bonds. The van der Waals surface area contributed by atoms with E-state index in [1.54, 1.807) is 30.3 Å². The van der Waals surface area contributed by atoms with Gasteiger partial charge in [0.05, 0.1) is 4.90 Å². The van der Waals surface area contributed by atoms with Gasteiger partial charge < -0.3 is 14.6 Å². The van der Waals surface area contributed by atoms with Crippen molar-refractivity contribution in [2.45, 2.75) is 55.2 Å². The van der Waals surface area contributed by atoms with Crippen LogP contribution in [0.25, 0.3) is 0 Å². The van der Waals surface area contributed by atoms with Crippen molar-refractivity contribution in [3.63, 3.8) is 0 Å². The Kier molecular flexibility index (Phi) is 8.85. The van der Waals surface area contributed by atoms with Gasteiger partial charge in [-0.05, 0) is 62.2 Å². The van der Waals surface area contributed by atoms with E-state index in [2.05, 4.69) is 31.0 Å². The zero-order chi connectivity index (χ0) is 24.0. The number of amides is 1. The third kappa shape index (κ3) is 6.93. The molecule has 1 aliphatic carbocycles. The first-order chi connectivity index (χ1) is 16.4. The fraction of sp³-hybridized carbons (Fsp3) is 0.560.